The minimum atomic E-state index is -4.94. The quantitative estimate of drug-likeness (QED) is 0.397. The third-order valence-electron chi connectivity index (χ3n) is 6.88. The number of anilines is 1. The third kappa shape index (κ3) is 7.73. The second-order valence-electron chi connectivity index (χ2n) is 9.68. The minimum Gasteiger partial charge on any atom is -0.480 e. The number of carboxylic acids is 1. The van der Waals surface area contributed by atoms with Gasteiger partial charge >= 0.3 is 12.3 Å². The molecular formula is C26H30ClF3N4O4. The molecule has 1 aromatic heterocycles. The van der Waals surface area contributed by atoms with Crippen LogP contribution in [0.15, 0.2) is 30.3 Å². The van der Waals surface area contributed by atoms with Gasteiger partial charge in [-0.05, 0) is 80.8 Å². The molecule has 3 heterocycles. The lowest BCUT2D eigenvalue weighted by Crippen LogP contribution is -2.43. The summed E-state index contributed by atoms with van der Waals surface area (Å²) in [6.45, 7) is 3.06. The van der Waals surface area contributed by atoms with Crippen LogP contribution in [0.5, 0.6) is 5.75 Å². The Morgan fingerprint density at radius 2 is 2.11 bits per heavy atom. The summed E-state index contributed by atoms with van der Waals surface area (Å²) in [7, 11) is 0. The molecule has 12 heteroatoms. The highest BCUT2D eigenvalue weighted by Gasteiger charge is 2.32. The van der Waals surface area contributed by atoms with Crippen LogP contribution in [0.2, 0.25) is 5.02 Å². The van der Waals surface area contributed by atoms with Crippen molar-refractivity contribution < 1.29 is 32.6 Å². The summed E-state index contributed by atoms with van der Waals surface area (Å²) in [5.74, 6) is -1.29. The van der Waals surface area contributed by atoms with Crippen molar-refractivity contribution in [3.8, 4) is 5.75 Å². The summed E-state index contributed by atoms with van der Waals surface area (Å²) in [4.78, 5) is 31.3. The normalized spacial score (nSPS) is 18.4. The number of hydrogen-bond donors (Lipinski definition) is 3. The van der Waals surface area contributed by atoms with Crippen LogP contribution in [-0.2, 0) is 17.6 Å². The number of aryl methyl sites for hydroxylation is 2. The van der Waals surface area contributed by atoms with Gasteiger partial charge in [-0.1, -0.05) is 17.7 Å². The Kier molecular flexibility index (Phi) is 8.99. The summed E-state index contributed by atoms with van der Waals surface area (Å²) >= 11 is 5.97. The molecule has 1 fully saturated rings. The SMILES string of the molecule is O=C(NC(CCN1CCC(CCc2ccc3c(n2)NCCC3)C1)C(=O)O)c1cc(OC(F)(F)F)ccc1Cl. The van der Waals surface area contributed by atoms with Crippen LogP contribution in [0.25, 0.3) is 0 Å². The van der Waals surface area contributed by atoms with E-state index in [1.54, 1.807) is 0 Å². The van der Waals surface area contributed by atoms with Crippen LogP contribution in [0.3, 0.4) is 0 Å². The summed E-state index contributed by atoms with van der Waals surface area (Å²) in [5, 5.41) is 15.2. The molecule has 1 aromatic carbocycles. The molecular weight excluding hydrogens is 525 g/mol. The van der Waals surface area contributed by atoms with Crippen molar-refractivity contribution >= 4 is 29.3 Å². The summed E-state index contributed by atoms with van der Waals surface area (Å²) in [6, 6.07) is 5.92. The monoisotopic (exact) mass is 554 g/mol. The average Bonchev–Trinajstić information content (AvgIpc) is 3.33. The van der Waals surface area contributed by atoms with Gasteiger partial charge in [-0.15, -0.1) is 13.2 Å². The van der Waals surface area contributed by atoms with Crippen LogP contribution in [0.1, 0.15) is 47.3 Å². The molecule has 0 saturated carbocycles. The topological polar surface area (TPSA) is 104 Å². The van der Waals surface area contributed by atoms with Crippen LogP contribution >= 0.6 is 11.6 Å². The van der Waals surface area contributed by atoms with Crippen molar-refractivity contribution in [2.24, 2.45) is 5.92 Å². The van der Waals surface area contributed by atoms with Gasteiger partial charge < -0.3 is 25.4 Å². The maximum Gasteiger partial charge on any atom is 0.573 e. The zero-order valence-electron chi connectivity index (χ0n) is 20.7. The number of likely N-dealkylation sites (tertiary alicyclic amines) is 1. The molecule has 38 heavy (non-hydrogen) atoms. The number of alkyl halides is 3. The number of halogens is 4. The van der Waals surface area contributed by atoms with E-state index in [4.69, 9.17) is 16.6 Å². The lowest BCUT2D eigenvalue weighted by Gasteiger charge is -2.20. The fourth-order valence-corrected chi connectivity index (χ4v) is 5.10. The average molecular weight is 555 g/mol. The Hall–Kier alpha value is -3.05. The molecule has 0 bridgehead atoms. The van der Waals surface area contributed by atoms with E-state index >= 15 is 0 Å². The number of carboxylic acid groups (broad SMARTS) is 1. The highest BCUT2D eigenvalue weighted by atomic mass is 35.5. The van der Waals surface area contributed by atoms with Crippen molar-refractivity contribution in [1.82, 2.24) is 15.2 Å². The highest BCUT2D eigenvalue weighted by molar-refractivity contribution is 6.34. The maximum atomic E-state index is 12.6. The van der Waals surface area contributed by atoms with E-state index in [1.807, 2.05) is 0 Å². The number of carbonyl (C=O) groups is 2. The molecule has 2 aliphatic heterocycles. The number of pyridine rings is 1. The van der Waals surface area contributed by atoms with Crippen molar-refractivity contribution in [3.63, 3.8) is 0 Å². The summed E-state index contributed by atoms with van der Waals surface area (Å²) in [5.41, 5.74) is 2.03. The van der Waals surface area contributed by atoms with Crippen molar-refractivity contribution in [3.05, 3.63) is 52.2 Å². The molecule has 0 radical (unpaired) electrons. The molecule has 2 aliphatic rings. The van der Waals surface area contributed by atoms with Crippen molar-refractivity contribution in [2.45, 2.75) is 50.9 Å². The standard InChI is InChI=1S/C26H30ClF3N4O4/c27-21-8-7-19(38-26(28,29)30)14-20(21)24(35)33-22(25(36)37)10-13-34-12-9-16(15-34)3-5-18-6-4-17-2-1-11-31-23(17)32-18/h4,6-8,14,16,22H,1-3,5,9-13,15H2,(H,31,32)(H,33,35)(H,36,37). The zero-order valence-corrected chi connectivity index (χ0v) is 21.4. The predicted molar refractivity (Wildman–Crippen MR) is 136 cm³/mol. The molecule has 0 aliphatic carbocycles. The molecule has 1 amide bonds. The van der Waals surface area contributed by atoms with Gasteiger partial charge in [0.05, 0.1) is 10.6 Å². The molecule has 1 saturated heterocycles. The highest BCUT2D eigenvalue weighted by Crippen LogP contribution is 2.28. The first-order valence-corrected chi connectivity index (χ1v) is 13.0. The van der Waals surface area contributed by atoms with E-state index in [0.29, 0.717) is 12.5 Å². The van der Waals surface area contributed by atoms with Crippen LogP contribution < -0.4 is 15.4 Å². The number of amides is 1. The third-order valence-corrected chi connectivity index (χ3v) is 7.21. The number of ether oxygens (including phenoxy) is 1. The zero-order chi connectivity index (χ0) is 27.3. The van der Waals surface area contributed by atoms with Crippen LogP contribution in [0, 0.1) is 5.92 Å². The Labute approximate surface area is 223 Å². The summed E-state index contributed by atoms with van der Waals surface area (Å²) < 4.78 is 41.4. The largest absolute Gasteiger partial charge is 0.573 e. The minimum absolute atomic E-state index is 0.118. The number of carbonyl (C=O) groups excluding carboxylic acids is 1. The van der Waals surface area contributed by atoms with Crippen LogP contribution in [0.4, 0.5) is 19.0 Å². The van der Waals surface area contributed by atoms with Gasteiger partial charge in [-0.2, -0.15) is 0 Å². The van der Waals surface area contributed by atoms with E-state index in [9.17, 15) is 27.9 Å². The maximum absolute atomic E-state index is 12.6. The Bertz CT molecular complexity index is 1160. The van der Waals surface area contributed by atoms with E-state index in [1.165, 1.54) is 5.56 Å². The first-order valence-electron chi connectivity index (χ1n) is 12.6. The number of hydrogen-bond acceptors (Lipinski definition) is 6. The van der Waals surface area contributed by atoms with Crippen molar-refractivity contribution in [1.29, 1.82) is 0 Å². The van der Waals surface area contributed by atoms with Gasteiger partial charge in [0.1, 0.15) is 17.6 Å². The number of nitrogens with zero attached hydrogens (tertiary/aromatic N) is 2. The van der Waals surface area contributed by atoms with E-state index in [2.05, 4.69) is 32.4 Å². The van der Waals surface area contributed by atoms with Gasteiger partial charge in [0.25, 0.3) is 5.91 Å². The number of benzene rings is 1. The number of aliphatic carboxylic acids is 1. The summed E-state index contributed by atoms with van der Waals surface area (Å²) in [6.07, 6.45) is 0.229. The lowest BCUT2D eigenvalue weighted by molar-refractivity contribution is -0.274. The molecule has 206 valence electrons. The fourth-order valence-electron chi connectivity index (χ4n) is 4.89. The second kappa shape index (κ2) is 12.2. The molecule has 2 unspecified atom stereocenters. The Balaban J connectivity index is 1.26. The molecule has 2 atom stereocenters. The van der Waals surface area contributed by atoms with E-state index in [0.717, 1.165) is 81.4 Å². The molecule has 8 nitrogen and oxygen atoms in total. The van der Waals surface area contributed by atoms with Gasteiger partial charge in [0.2, 0.25) is 0 Å². The van der Waals surface area contributed by atoms with E-state index < -0.39 is 30.0 Å². The number of nitrogens with one attached hydrogen (secondary N) is 2. The number of rotatable bonds is 10. The van der Waals surface area contributed by atoms with Gasteiger partial charge in [-0.3, -0.25) is 4.79 Å². The van der Waals surface area contributed by atoms with Gasteiger partial charge in [0.15, 0.2) is 0 Å². The Morgan fingerprint density at radius 1 is 1.29 bits per heavy atom. The smallest absolute Gasteiger partial charge is 0.480 e. The van der Waals surface area contributed by atoms with Crippen molar-refractivity contribution in [2.75, 3.05) is 31.5 Å². The van der Waals surface area contributed by atoms with Gasteiger partial charge in [0, 0.05) is 25.3 Å². The first-order chi connectivity index (χ1) is 18.1. The van der Waals surface area contributed by atoms with E-state index in [-0.39, 0.29) is 17.0 Å². The van der Waals surface area contributed by atoms with Gasteiger partial charge in [-0.25, -0.2) is 9.78 Å². The second-order valence-corrected chi connectivity index (χ2v) is 10.1. The molecule has 0 spiro atoms. The number of fused-ring (bicyclic) bond motifs is 1. The number of aromatic nitrogens is 1. The fraction of sp³-hybridized carbons (Fsp3) is 0.500. The lowest BCUT2D eigenvalue weighted by atomic mass is 10.00. The predicted octanol–water partition coefficient (Wildman–Crippen LogP) is 4.52. The Morgan fingerprint density at radius 3 is 2.87 bits per heavy atom. The molecule has 2 aromatic rings. The van der Waals surface area contributed by atoms with Crippen LogP contribution in [-0.4, -0.2) is 65.5 Å². The first kappa shape index (κ1) is 28.0. The molecule has 3 N–H and O–H groups in total. The molecule has 4 rings (SSSR count).